The van der Waals surface area contributed by atoms with Crippen molar-refractivity contribution in [3.05, 3.63) is 83.3 Å². The van der Waals surface area contributed by atoms with Crippen molar-refractivity contribution in [2.24, 2.45) is 7.05 Å². The van der Waals surface area contributed by atoms with E-state index < -0.39 is 5.91 Å². The summed E-state index contributed by atoms with van der Waals surface area (Å²) >= 11 is 0. The Hall–Kier alpha value is -4.34. The number of carbonyl (C=O) groups excluding carboxylic acids is 1. The molecule has 0 unspecified atom stereocenters. The van der Waals surface area contributed by atoms with Crippen LogP contribution in [0.5, 0.6) is 11.6 Å². The third-order valence-electron chi connectivity index (χ3n) is 3.89. The fourth-order valence-corrected chi connectivity index (χ4v) is 2.46. The predicted molar refractivity (Wildman–Crippen MR) is 103 cm³/mol. The summed E-state index contributed by atoms with van der Waals surface area (Å²) < 4.78 is 8.44. The normalized spacial score (nSPS) is 10.5. The Morgan fingerprint density at radius 2 is 1.93 bits per heavy atom. The molecule has 1 amide bonds. The van der Waals surface area contributed by atoms with Gasteiger partial charge in [-0.25, -0.2) is 19.3 Å². The molecule has 10 nitrogen and oxygen atoms in total. The summed E-state index contributed by atoms with van der Waals surface area (Å²) in [5.41, 5.74) is 0.404. The van der Waals surface area contributed by atoms with E-state index >= 15 is 0 Å². The van der Waals surface area contributed by atoms with Gasteiger partial charge < -0.3 is 10.1 Å². The fourth-order valence-electron chi connectivity index (χ4n) is 2.46. The largest absolute Gasteiger partial charge is 0.439 e. The molecule has 0 aliphatic heterocycles. The second-order valence-corrected chi connectivity index (χ2v) is 5.93. The van der Waals surface area contributed by atoms with Gasteiger partial charge in [0, 0.05) is 37.3 Å². The van der Waals surface area contributed by atoms with Gasteiger partial charge in [-0.1, -0.05) is 0 Å². The maximum Gasteiger partial charge on any atom is 0.276 e. The zero-order chi connectivity index (χ0) is 20.2. The molecule has 0 atom stereocenters. The van der Waals surface area contributed by atoms with E-state index in [-0.39, 0.29) is 11.3 Å². The molecular weight excluding hydrogens is 374 g/mol. The number of aromatic nitrogens is 6. The van der Waals surface area contributed by atoms with E-state index in [2.05, 4.69) is 25.5 Å². The third-order valence-corrected chi connectivity index (χ3v) is 3.89. The fraction of sp³-hybridized carbons (Fsp3) is 0.0526. The summed E-state index contributed by atoms with van der Waals surface area (Å²) in [4.78, 5) is 31.9. The van der Waals surface area contributed by atoms with E-state index in [1.807, 2.05) is 0 Å². The van der Waals surface area contributed by atoms with Crippen LogP contribution in [0.15, 0.2) is 72.0 Å². The Morgan fingerprint density at radius 3 is 2.66 bits per heavy atom. The second-order valence-electron chi connectivity index (χ2n) is 5.93. The van der Waals surface area contributed by atoms with Gasteiger partial charge in [0.15, 0.2) is 5.82 Å². The number of amides is 1. The number of nitrogens with zero attached hydrogens (tertiary/aromatic N) is 6. The minimum Gasteiger partial charge on any atom is -0.439 e. The number of ether oxygens (including phenoxy) is 1. The SMILES string of the molecule is Cn1nc(C(=O)Nc2ccc(Oc3cc(-n4cccn4)ncn3)cc2)ccc1=O. The number of benzene rings is 1. The lowest BCUT2D eigenvalue weighted by Gasteiger charge is -2.08. The lowest BCUT2D eigenvalue weighted by Crippen LogP contribution is -2.23. The van der Waals surface area contributed by atoms with Gasteiger partial charge in [0.2, 0.25) is 5.88 Å². The smallest absolute Gasteiger partial charge is 0.276 e. The van der Waals surface area contributed by atoms with Crippen LogP contribution in [-0.2, 0) is 7.05 Å². The second kappa shape index (κ2) is 7.72. The van der Waals surface area contributed by atoms with E-state index in [4.69, 9.17) is 4.74 Å². The summed E-state index contributed by atoms with van der Waals surface area (Å²) in [6.45, 7) is 0. The molecule has 0 spiro atoms. The Kier molecular flexibility index (Phi) is 4.81. The summed E-state index contributed by atoms with van der Waals surface area (Å²) in [5, 5.41) is 10.7. The van der Waals surface area contributed by atoms with Gasteiger partial charge in [0.05, 0.1) is 0 Å². The van der Waals surface area contributed by atoms with Crippen molar-refractivity contribution in [2.45, 2.75) is 0 Å². The molecule has 0 aliphatic rings. The van der Waals surface area contributed by atoms with E-state index in [1.165, 1.54) is 25.5 Å². The number of carbonyl (C=O) groups is 1. The van der Waals surface area contributed by atoms with Crippen LogP contribution in [0, 0.1) is 0 Å². The highest BCUT2D eigenvalue weighted by atomic mass is 16.5. The molecule has 0 saturated heterocycles. The lowest BCUT2D eigenvalue weighted by molar-refractivity contribution is 0.102. The first kappa shape index (κ1) is 18.0. The van der Waals surface area contributed by atoms with Gasteiger partial charge in [-0.3, -0.25) is 9.59 Å². The maximum atomic E-state index is 12.3. The third kappa shape index (κ3) is 4.16. The summed E-state index contributed by atoms with van der Waals surface area (Å²) in [6, 6.07) is 12.9. The molecule has 0 saturated carbocycles. The topological polar surface area (TPSA) is 117 Å². The van der Waals surface area contributed by atoms with Gasteiger partial charge in [-0.2, -0.15) is 10.2 Å². The minimum absolute atomic E-state index is 0.138. The first-order chi connectivity index (χ1) is 14.1. The highest BCUT2D eigenvalue weighted by molar-refractivity contribution is 6.02. The molecule has 29 heavy (non-hydrogen) atoms. The average Bonchev–Trinajstić information content (AvgIpc) is 3.27. The van der Waals surface area contributed by atoms with Crippen LogP contribution in [0.1, 0.15) is 10.5 Å². The van der Waals surface area contributed by atoms with Gasteiger partial charge >= 0.3 is 0 Å². The van der Waals surface area contributed by atoms with Gasteiger partial charge in [-0.05, 0) is 36.4 Å². The molecule has 3 aromatic heterocycles. The van der Waals surface area contributed by atoms with Crippen molar-refractivity contribution >= 4 is 11.6 Å². The summed E-state index contributed by atoms with van der Waals surface area (Å²) in [5.74, 6) is 1.05. The van der Waals surface area contributed by atoms with Crippen molar-refractivity contribution < 1.29 is 9.53 Å². The van der Waals surface area contributed by atoms with Gasteiger partial charge in [0.1, 0.15) is 17.8 Å². The van der Waals surface area contributed by atoms with Crippen LogP contribution in [0.4, 0.5) is 5.69 Å². The Morgan fingerprint density at radius 1 is 1.10 bits per heavy atom. The molecule has 3 heterocycles. The first-order valence-corrected chi connectivity index (χ1v) is 8.54. The molecule has 0 bridgehead atoms. The zero-order valence-corrected chi connectivity index (χ0v) is 15.3. The Balaban J connectivity index is 1.44. The number of aryl methyl sites for hydroxylation is 1. The minimum atomic E-state index is -0.422. The highest BCUT2D eigenvalue weighted by Gasteiger charge is 2.09. The van der Waals surface area contributed by atoms with Crippen molar-refractivity contribution in [1.29, 1.82) is 0 Å². The van der Waals surface area contributed by atoms with E-state index in [0.717, 1.165) is 4.68 Å². The molecule has 144 valence electrons. The molecule has 0 aliphatic carbocycles. The first-order valence-electron chi connectivity index (χ1n) is 8.54. The molecule has 4 rings (SSSR count). The molecule has 0 fully saturated rings. The van der Waals surface area contributed by atoms with Crippen molar-refractivity contribution in [1.82, 2.24) is 29.5 Å². The molecule has 1 aromatic carbocycles. The predicted octanol–water partition coefficient (Wildman–Crippen LogP) is 1.80. The number of anilines is 1. The number of rotatable bonds is 5. The molecule has 1 N–H and O–H groups in total. The monoisotopic (exact) mass is 389 g/mol. The van der Waals surface area contributed by atoms with Crippen LogP contribution < -0.4 is 15.6 Å². The van der Waals surface area contributed by atoms with Crippen LogP contribution in [-0.4, -0.2) is 35.4 Å². The lowest BCUT2D eigenvalue weighted by atomic mass is 10.3. The van der Waals surface area contributed by atoms with Crippen LogP contribution in [0.25, 0.3) is 5.82 Å². The Bertz CT molecular complexity index is 1200. The highest BCUT2D eigenvalue weighted by Crippen LogP contribution is 2.22. The summed E-state index contributed by atoms with van der Waals surface area (Å²) in [6.07, 6.45) is 4.81. The van der Waals surface area contributed by atoms with Crippen LogP contribution in [0.3, 0.4) is 0 Å². The van der Waals surface area contributed by atoms with Gasteiger partial charge in [-0.15, -0.1) is 0 Å². The number of nitrogens with one attached hydrogen (secondary N) is 1. The number of hydrogen-bond acceptors (Lipinski definition) is 7. The van der Waals surface area contributed by atoms with Crippen LogP contribution in [0.2, 0.25) is 0 Å². The number of hydrogen-bond donors (Lipinski definition) is 1. The van der Waals surface area contributed by atoms with Crippen molar-refractivity contribution in [3.8, 4) is 17.4 Å². The van der Waals surface area contributed by atoms with E-state index in [1.54, 1.807) is 53.5 Å². The quantitative estimate of drug-likeness (QED) is 0.553. The van der Waals surface area contributed by atoms with Gasteiger partial charge in [0.25, 0.3) is 11.5 Å². The molecule has 0 radical (unpaired) electrons. The molecule has 4 aromatic rings. The van der Waals surface area contributed by atoms with E-state index in [0.29, 0.717) is 23.1 Å². The molecule has 10 heteroatoms. The standard InChI is InChI=1S/C19H15N7O3/c1-25-18(27)8-7-15(24-25)19(28)23-13-3-5-14(6-4-13)29-17-11-16(20-12-21-17)26-10-2-9-22-26/h2-12H,1H3,(H,23,28). The Labute approximate surface area is 164 Å². The van der Waals surface area contributed by atoms with Crippen molar-refractivity contribution in [3.63, 3.8) is 0 Å². The summed E-state index contributed by atoms with van der Waals surface area (Å²) in [7, 11) is 1.48. The molecular formula is C19H15N7O3. The van der Waals surface area contributed by atoms with Crippen LogP contribution >= 0.6 is 0 Å². The maximum absolute atomic E-state index is 12.3. The average molecular weight is 389 g/mol. The van der Waals surface area contributed by atoms with E-state index in [9.17, 15) is 9.59 Å². The zero-order valence-electron chi connectivity index (χ0n) is 15.3. The van der Waals surface area contributed by atoms with Crippen molar-refractivity contribution in [2.75, 3.05) is 5.32 Å².